The van der Waals surface area contributed by atoms with Crippen molar-refractivity contribution in [2.75, 3.05) is 33.3 Å². The Labute approximate surface area is 199 Å². The Balaban J connectivity index is 1.28. The molecule has 2 aliphatic heterocycles. The molecule has 0 saturated carbocycles. The van der Waals surface area contributed by atoms with Crippen molar-refractivity contribution in [2.24, 2.45) is 0 Å². The number of hydrogen-bond acceptors (Lipinski definition) is 6. The molecule has 6 heteroatoms. The Morgan fingerprint density at radius 1 is 0.912 bits per heavy atom. The van der Waals surface area contributed by atoms with E-state index in [4.69, 9.17) is 9.47 Å². The number of phenolic OH excluding ortho intramolecular Hbond substituents is 1. The Kier molecular flexibility index (Phi) is 6.34. The van der Waals surface area contributed by atoms with Gasteiger partial charge in [0.15, 0.2) is 5.76 Å². The fraction of sp³-hybridized carbons (Fsp3) is 0.250. The second-order valence-corrected chi connectivity index (χ2v) is 8.69. The van der Waals surface area contributed by atoms with Crippen molar-refractivity contribution in [3.63, 3.8) is 0 Å². The second-order valence-electron chi connectivity index (χ2n) is 8.69. The summed E-state index contributed by atoms with van der Waals surface area (Å²) in [5, 5.41) is 10.6. The van der Waals surface area contributed by atoms with Gasteiger partial charge in [-0.3, -0.25) is 14.6 Å². The predicted octanol–water partition coefficient (Wildman–Crippen LogP) is 4.33. The van der Waals surface area contributed by atoms with Gasteiger partial charge in [-0.15, -0.1) is 0 Å². The molecule has 0 unspecified atom stereocenters. The molecule has 0 aliphatic carbocycles. The van der Waals surface area contributed by atoms with Gasteiger partial charge in [0.2, 0.25) is 5.78 Å². The van der Waals surface area contributed by atoms with Crippen LogP contribution < -0.4 is 9.47 Å². The normalized spacial score (nSPS) is 17.6. The van der Waals surface area contributed by atoms with Gasteiger partial charge >= 0.3 is 0 Å². The molecule has 0 amide bonds. The molecule has 5 rings (SSSR count). The third kappa shape index (κ3) is 4.69. The van der Waals surface area contributed by atoms with Crippen molar-refractivity contribution >= 4 is 11.9 Å². The van der Waals surface area contributed by atoms with Crippen LogP contribution in [-0.4, -0.2) is 54.0 Å². The van der Waals surface area contributed by atoms with Gasteiger partial charge in [-0.05, 0) is 41.5 Å². The second kappa shape index (κ2) is 9.71. The van der Waals surface area contributed by atoms with Crippen molar-refractivity contribution in [1.29, 1.82) is 0 Å². The number of aromatic hydroxyl groups is 1. The van der Waals surface area contributed by atoms with Crippen molar-refractivity contribution in [1.82, 2.24) is 9.80 Å². The standard InChI is InChI=1S/C28H28N2O4/c1-33-22-9-7-20(8-10-22)17-26-27(32)23-11-12-25(31)24(28(23)34-26)19-30-15-13-29(14-16-30)18-21-5-3-2-4-6-21/h2-12,17,31H,13-16,18-19H2,1H3/b26-17-. The lowest BCUT2D eigenvalue weighted by molar-refractivity contribution is 0.101. The zero-order valence-corrected chi connectivity index (χ0v) is 19.2. The van der Waals surface area contributed by atoms with Crippen LogP contribution >= 0.6 is 0 Å². The van der Waals surface area contributed by atoms with Crippen molar-refractivity contribution in [3.8, 4) is 17.2 Å². The van der Waals surface area contributed by atoms with E-state index in [2.05, 4.69) is 34.1 Å². The lowest BCUT2D eigenvalue weighted by atomic mass is 10.0. The minimum Gasteiger partial charge on any atom is -0.507 e. The Bertz CT molecular complexity index is 1200. The monoisotopic (exact) mass is 456 g/mol. The summed E-state index contributed by atoms with van der Waals surface area (Å²) in [6.45, 7) is 5.16. The van der Waals surface area contributed by atoms with E-state index < -0.39 is 0 Å². The van der Waals surface area contributed by atoms with Crippen LogP contribution in [0.5, 0.6) is 17.2 Å². The third-order valence-electron chi connectivity index (χ3n) is 6.43. The quantitative estimate of drug-likeness (QED) is 0.557. The zero-order chi connectivity index (χ0) is 23.5. The highest BCUT2D eigenvalue weighted by Gasteiger charge is 2.32. The first kappa shape index (κ1) is 22.2. The van der Waals surface area contributed by atoms with E-state index >= 15 is 0 Å². The Hall–Kier alpha value is -3.61. The number of methoxy groups -OCH3 is 1. The largest absolute Gasteiger partial charge is 0.507 e. The maximum absolute atomic E-state index is 13.0. The minimum absolute atomic E-state index is 0.156. The maximum Gasteiger partial charge on any atom is 0.231 e. The molecule has 0 aromatic heterocycles. The number of piperazine rings is 1. The number of fused-ring (bicyclic) bond motifs is 1. The molecule has 3 aromatic rings. The summed E-state index contributed by atoms with van der Waals surface area (Å²) in [7, 11) is 1.62. The summed E-state index contributed by atoms with van der Waals surface area (Å²) in [6, 6.07) is 21.2. The van der Waals surface area contributed by atoms with Gasteiger partial charge in [0.1, 0.15) is 17.2 Å². The van der Waals surface area contributed by atoms with E-state index in [0.717, 1.165) is 44.0 Å². The first-order valence-corrected chi connectivity index (χ1v) is 11.5. The van der Waals surface area contributed by atoms with Gasteiger partial charge in [0, 0.05) is 39.3 Å². The van der Waals surface area contributed by atoms with Crippen molar-refractivity contribution in [2.45, 2.75) is 13.1 Å². The molecule has 1 N–H and O–H groups in total. The summed E-state index contributed by atoms with van der Waals surface area (Å²) in [5.74, 6) is 1.47. The summed E-state index contributed by atoms with van der Waals surface area (Å²) in [6.07, 6.45) is 1.73. The number of carbonyl (C=O) groups is 1. The van der Waals surface area contributed by atoms with Crippen LogP contribution in [-0.2, 0) is 13.1 Å². The van der Waals surface area contributed by atoms with Crippen molar-refractivity contribution in [3.05, 3.63) is 94.7 Å². The molecule has 1 saturated heterocycles. The van der Waals surface area contributed by atoms with Crippen LogP contribution in [0.4, 0.5) is 0 Å². The fourth-order valence-corrected chi connectivity index (χ4v) is 4.47. The lowest BCUT2D eigenvalue weighted by Gasteiger charge is -2.35. The highest BCUT2D eigenvalue weighted by Crippen LogP contribution is 2.40. The van der Waals surface area contributed by atoms with Gasteiger partial charge in [-0.2, -0.15) is 0 Å². The number of rotatable bonds is 6. The molecule has 1 fully saturated rings. The van der Waals surface area contributed by atoms with Crippen LogP contribution in [0.15, 0.2) is 72.5 Å². The molecule has 2 aliphatic rings. The number of allylic oxidation sites excluding steroid dienone is 1. The highest BCUT2D eigenvalue weighted by atomic mass is 16.5. The number of phenols is 1. The molecule has 3 aromatic carbocycles. The molecule has 2 heterocycles. The number of Topliss-reactive ketones (excluding diaryl/α,β-unsaturated/α-hetero) is 1. The summed E-state index contributed by atoms with van der Waals surface area (Å²) in [5.41, 5.74) is 3.32. The molecule has 6 nitrogen and oxygen atoms in total. The molecule has 0 bridgehead atoms. The van der Waals surface area contributed by atoms with Crippen LogP contribution in [0.2, 0.25) is 0 Å². The molecule has 0 radical (unpaired) electrons. The summed E-state index contributed by atoms with van der Waals surface area (Å²) in [4.78, 5) is 17.7. The third-order valence-corrected chi connectivity index (χ3v) is 6.43. The smallest absolute Gasteiger partial charge is 0.231 e. The number of ketones is 1. The van der Waals surface area contributed by atoms with Crippen LogP contribution in [0.25, 0.3) is 6.08 Å². The number of nitrogens with zero attached hydrogens (tertiary/aromatic N) is 2. The maximum atomic E-state index is 13.0. The minimum atomic E-state index is -0.167. The Morgan fingerprint density at radius 3 is 2.26 bits per heavy atom. The van der Waals surface area contributed by atoms with E-state index in [0.29, 0.717) is 23.4 Å². The topological polar surface area (TPSA) is 62.2 Å². The SMILES string of the molecule is COc1ccc(/C=C2\Oc3c(ccc(O)c3CN3CCN(Cc4ccccc4)CC3)C2=O)cc1. The van der Waals surface area contributed by atoms with Crippen LogP contribution in [0, 0.1) is 0 Å². The molecular weight excluding hydrogens is 428 g/mol. The molecule has 174 valence electrons. The number of ether oxygens (including phenoxy) is 2. The molecule has 34 heavy (non-hydrogen) atoms. The van der Waals surface area contributed by atoms with E-state index in [1.165, 1.54) is 5.56 Å². The zero-order valence-electron chi connectivity index (χ0n) is 19.2. The van der Waals surface area contributed by atoms with E-state index in [-0.39, 0.29) is 17.3 Å². The average molecular weight is 457 g/mol. The van der Waals surface area contributed by atoms with Gasteiger partial charge in [0.05, 0.1) is 18.2 Å². The van der Waals surface area contributed by atoms with Gasteiger partial charge in [0.25, 0.3) is 0 Å². The molecular formula is C28H28N2O4. The summed E-state index contributed by atoms with van der Waals surface area (Å²) >= 11 is 0. The van der Waals surface area contributed by atoms with E-state index in [9.17, 15) is 9.90 Å². The highest BCUT2D eigenvalue weighted by molar-refractivity contribution is 6.15. The average Bonchev–Trinajstić information content (AvgIpc) is 3.18. The Morgan fingerprint density at radius 2 is 1.59 bits per heavy atom. The first-order chi connectivity index (χ1) is 16.6. The van der Waals surface area contributed by atoms with E-state index in [1.54, 1.807) is 25.3 Å². The summed E-state index contributed by atoms with van der Waals surface area (Å²) < 4.78 is 11.2. The van der Waals surface area contributed by atoms with Crippen LogP contribution in [0.1, 0.15) is 27.0 Å². The molecule has 0 atom stereocenters. The van der Waals surface area contributed by atoms with Gasteiger partial charge < -0.3 is 14.6 Å². The van der Waals surface area contributed by atoms with Crippen LogP contribution in [0.3, 0.4) is 0 Å². The number of hydrogen-bond donors (Lipinski definition) is 1. The molecule has 0 spiro atoms. The number of benzene rings is 3. The predicted molar refractivity (Wildman–Crippen MR) is 131 cm³/mol. The van der Waals surface area contributed by atoms with Crippen molar-refractivity contribution < 1.29 is 19.4 Å². The van der Waals surface area contributed by atoms with E-state index in [1.807, 2.05) is 30.3 Å². The lowest BCUT2D eigenvalue weighted by Crippen LogP contribution is -2.45. The van der Waals surface area contributed by atoms with Gasteiger partial charge in [-0.1, -0.05) is 42.5 Å². The van der Waals surface area contributed by atoms with Gasteiger partial charge in [-0.25, -0.2) is 0 Å². The fourth-order valence-electron chi connectivity index (χ4n) is 4.47. The number of carbonyl (C=O) groups excluding carboxylic acids is 1. The first-order valence-electron chi connectivity index (χ1n) is 11.5.